The van der Waals surface area contributed by atoms with Crippen molar-refractivity contribution in [3.8, 4) is 5.75 Å². The fraction of sp³-hybridized carbons (Fsp3) is 0.333. The highest BCUT2D eigenvalue weighted by molar-refractivity contribution is 5.25. The Hall–Kier alpha value is -1.02. The Morgan fingerprint density at radius 3 is 2.64 bits per heavy atom. The van der Waals surface area contributed by atoms with Crippen molar-refractivity contribution in [2.24, 2.45) is 5.73 Å². The Balaban J connectivity index is 2.53. The third kappa shape index (κ3) is 2.60. The van der Waals surface area contributed by atoms with E-state index in [-0.39, 0.29) is 0 Å². The van der Waals surface area contributed by atoms with E-state index in [1.54, 1.807) is 12.1 Å². The molecule has 0 aliphatic carbocycles. The zero-order valence-electron chi connectivity index (χ0n) is 7.42. The van der Waals surface area contributed by atoms with Gasteiger partial charge in [0.1, 0.15) is 5.75 Å². The second kappa shape index (κ2) is 3.98. The molecule has 0 aromatic heterocycles. The van der Waals surface area contributed by atoms with Crippen molar-refractivity contribution in [3.05, 3.63) is 29.8 Å². The van der Waals surface area contributed by atoms with Crippen LogP contribution in [-0.2, 0) is 6.42 Å². The van der Waals surface area contributed by atoms with E-state index in [4.69, 9.17) is 7.16 Å². The monoisotopic (exact) mass is 152 g/mol. The number of hydrogen-bond donors (Lipinski definition) is 2. The van der Waals surface area contributed by atoms with Crippen molar-refractivity contribution in [2.45, 2.75) is 12.8 Å². The first-order chi connectivity index (χ1) is 5.86. The summed E-state index contributed by atoms with van der Waals surface area (Å²) in [6.45, 7) is 0.719. The highest BCUT2D eigenvalue weighted by atomic mass is 16.3. The number of aromatic hydroxyl groups is 1. The molecule has 60 valence electrons. The Kier molecular flexibility index (Phi) is 2.42. The van der Waals surface area contributed by atoms with Gasteiger partial charge in [-0.25, -0.2) is 0 Å². The molecule has 0 amide bonds. The molecular weight excluding hydrogens is 138 g/mol. The maximum atomic E-state index is 6.63. The Labute approximate surface area is 68.2 Å². The molecule has 0 saturated heterocycles. The average molecular weight is 152 g/mol. The molecule has 0 spiro atoms. The third-order valence-corrected chi connectivity index (χ3v) is 1.59. The van der Waals surface area contributed by atoms with Crippen molar-refractivity contribution in [1.29, 1.82) is 1.43 Å². The van der Waals surface area contributed by atoms with Crippen molar-refractivity contribution < 1.29 is 5.11 Å². The molecule has 2 nitrogen and oxygen atoms in total. The highest BCUT2D eigenvalue weighted by Crippen LogP contribution is 2.10. The Morgan fingerprint density at radius 1 is 1.36 bits per heavy atom. The minimum absolute atomic E-state index is 0.575. The van der Waals surface area contributed by atoms with Crippen molar-refractivity contribution in [3.63, 3.8) is 0 Å². The summed E-state index contributed by atoms with van der Waals surface area (Å²) >= 11 is 0. The van der Waals surface area contributed by atoms with Crippen LogP contribution in [0, 0.1) is 0 Å². The van der Waals surface area contributed by atoms with Crippen LogP contribution in [0.1, 0.15) is 12.0 Å². The summed E-state index contributed by atoms with van der Waals surface area (Å²) in [5.41, 5.74) is 6.62. The maximum absolute atomic E-state index is 6.63. The van der Waals surface area contributed by atoms with E-state index in [0.29, 0.717) is 5.75 Å². The summed E-state index contributed by atoms with van der Waals surface area (Å²) in [6, 6.07) is 7.50. The molecule has 1 aromatic rings. The minimum Gasteiger partial charge on any atom is -0.508 e. The van der Waals surface area contributed by atoms with E-state index in [1.807, 2.05) is 12.1 Å². The summed E-state index contributed by atoms with van der Waals surface area (Å²) in [4.78, 5) is 0. The van der Waals surface area contributed by atoms with Gasteiger partial charge in [0.2, 0.25) is 0 Å². The second-order valence-electron chi connectivity index (χ2n) is 2.54. The normalized spacial score (nSPS) is 10.8. The van der Waals surface area contributed by atoms with E-state index >= 15 is 0 Å². The van der Waals surface area contributed by atoms with Gasteiger partial charge in [-0.2, -0.15) is 0 Å². The van der Waals surface area contributed by atoms with Crippen molar-refractivity contribution >= 4 is 0 Å². The Bertz CT molecular complexity index is 222. The van der Waals surface area contributed by atoms with Gasteiger partial charge in [-0.15, -0.1) is 0 Å². The van der Waals surface area contributed by atoms with Crippen LogP contribution in [0.25, 0.3) is 0 Å². The summed E-state index contributed by atoms with van der Waals surface area (Å²) in [7, 11) is 0. The SMILES string of the molecule is [2H]Oc1ccc(CCCN)cc1. The highest BCUT2D eigenvalue weighted by Gasteiger charge is 1.91. The lowest BCUT2D eigenvalue weighted by Gasteiger charge is -1.98. The molecule has 0 saturated carbocycles. The molecule has 0 unspecified atom stereocenters. The van der Waals surface area contributed by atoms with Gasteiger partial charge in [-0.3, -0.25) is 0 Å². The van der Waals surface area contributed by atoms with Crippen molar-refractivity contribution in [2.75, 3.05) is 6.54 Å². The van der Waals surface area contributed by atoms with Crippen LogP contribution in [0.5, 0.6) is 5.75 Å². The minimum atomic E-state index is 0.575. The molecule has 3 N–H and O–H groups in total. The number of phenolic OH excluding ortho intramolecular Hbond substituents is 1. The van der Waals surface area contributed by atoms with Crippen LogP contribution < -0.4 is 5.73 Å². The number of rotatable bonds is 4. The van der Waals surface area contributed by atoms with Crippen LogP contribution >= 0.6 is 0 Å². The second-order valence-corrected chi connectivity index (χ2v) is 2.54. The van der Waals surface area contributed by atoms with Crippen molar-refractivity contribution in [1.82, 2.24) is 0 Å². The molecule has 0 aliphatic heterocycles. The number of aryl methyl sites for hydroxylation is 1. The number of phenols is 1. The molecule has 0 heterocycles. The maximum Gasteiger partial charge on any atom is 0.293 e. The van der Waals surface area contributed by atoms with E-state index in [2.05, 4.69) is 5.11 Å². The van der Waals surface area contributed by atoms with Crippen LogP contribution in [0.3, 0.4) is 0 Å². The molecule has 1 rings (SSSR count). The summed E-state index contributed by atoms with van der Waals surface area (Å²) in [6.07, 6.45) is 2.00. The van der Waals surface area contributed by atoms with Crippen LogP contribution in [-0.4, -0.2) is 13.1 Å². The molecule has 0 aliphatic rings. The van der Waals surface area contributed by atoms with Gasteiger partial charge in [0.15, 0.2) is 0 Å². The predicted molar refractivity (Wildman–Crippen MR) is 45.5 cm³/mol. The van der Waals surface area contributed by atoms with Crippen LogP contribution in [0.15, 0.2) is 24.3 Å². The van der Waals surface area contributed by atoms with E-state index in [0.717, 1.165) is 19.4 Å². The van der Waals surface area contributed by atoms with Gasteiger partial charge < -0.3 is 10.8 Å². The first kappa shape index (κ1) is 6.68. The molecular formula is C9H13NO. The van der Waals surface area contributed by atoms with E-state index in [1.165, 1.54) is 5.56 Å². The lowest BCUT2D eigenvalue weighted by Crippen LogP contribution is -1.99. The van der Waals surface area contributed by atoms with Gasteiger partial charge in [0.25, 0.3) is 1.43 Å². The predicted octanol–water partition coefficient (Wildman–Crippen LogP) is 1.28. The van der Waals surface area contributed by atoms with Crippen LogP contribution in [0.2, 0.25) is 0 Å². The molecule has 11 heavy (non-hydrogen) atoms. The Morgan fingerprint density at radius 2 is 2.09 bits per heavy atom. The number of nitrogens with two attached hydrogens (primary N) is 1. The molecule has 0 bridgehead atoms. The van der Waals surface area contributed by atoms with Gasteiger partial charge in [0.05, 0.1) is 0 Å². The lowest BCUT2D eigenvalue weighted by molar-refractivity contribution is 0.475. The quantitative estimate of drug-likeness (QED) is 0.682. The van der Waals surface area contributed by atoms with Gasteiger partial charge in [0, 0.05) is 0 Å². The average Bonchev–Trinajstić information content (AvgIpc) is 2.15. The zero-order valence-corrected chi connectivity index (χ0v) is 6.42. The van der Waals surface area contributed by atoms with Gasteiger partial charge >= 0.3 is 0 Å². The van der Waals surface area contributed by atoms with E-state index in [9.17, 15) is 0 Å². The summed E-state index contributed by atoms with van der Waals surface area (Å²) < 4.78 is 6.63. The van der Waals surface area contributed by atoms with Gasteiger partial charge in [-0.05, 0) is 37.1 Å². The summed E-state index contributed by atoms with van der Waals surface area (Å²) in [5.74, 6) is 0.575. The molecule has 2 heteroatoms. The molecule has 1 aromatic carbocycles. The molecule has 0 fully saturated rings. The summed E-state index contributed by atoms with van der Waals surface area (Å²) in [5, 5.41) is 4.30. The smallest absolute Gasteiger partial charge is 0.293 e. The first-order valence-corrected chi connectivity index (χ1v) is 3.79. The van der Waals surface area contributed by atoms with E-state index < -0.39 is 0 Å². The van der Waals surface area contributed by atoms with Gasteiger partial charge in [-0.1, -0.05) is 12.1 Å². The fourth-order valence-corrected chi connectivity index (χ4v) is 0.962. The number of benzene rings is 1. The molecule has 0 atom stereocenters. The lowest BCUT2D eigenvalue weighted by atomic mass is 10.1. The number of hydrogen-bond acceptors (Lipinski definition) is 2. The fourth-order valence-electron chi connectivity index (χ4n) is 0.962. The largest absolute Gasteiger partial charge is 0.508 e. The topological polar surface area (TPSA) is 46.2 Å². The zero-order chi connectivity index (χ0) is 8.81. The van der Waals surface area contributed by atoms with Crippen LogP contribution in [0.4, 0.5) is 0 Å². The molecule has 0 radical (unpaired) electrons. The third-order valence-electron chi connectivity index (χ3n) is 1.59. The standard InChI is InChI=1S/C9H13NO/c10-7-1-2-8-3-5-9(11)6-4-8/h3-6,11H,1-2,7,10H2/i/hD. The first-order valence-electron chi connectivity index (χ1n) is 4.20.